The lowest BCUT2D eigenvalue weighted by Crippen LogP contribution is -2.45. The zero-order valence-electron chi connectivity index (χ0n) is 17.1. The molecule has 4 heteroatoms. The summed E-state index contributed by atoms with van der Waals surface area (Å²) in [5.41, 5.74) is 4.86. The van der Waals surface area contributed by atoms with E-state index in [2.05, 4.69) is 64.8 Å². The normalized spacial score (nSPS) is 15.7. The largest absolute Gasteiger partial charge is 0.497 e. The molecular formula is C25H28N2O2. The van der Waals surface area contributed by atoms with Gasteiger partial charge in [0.25, 0.3) is 0 Å². The van der Waals surface area contributed by atoms with Crippen LogP contribution in [0.4, 0.5) is 0 Å². The Morgan fingerprint density at radius 1 is 0.793 bits per heavy atom. The lowest BCUT2D eigenvalue weighted by atomic mass is 9.93. The predicted octanol–water partition coefficient (Wildman–Crippen LogP) is 4.37. The van der Waals surface area contributed by atoms with E-state index in [0.29, 0.717) is 0 Å². The van der Waals surface area contributed by atoms with E-state index < -0.39 is 0 Å². The van der Waals surface area contributed by atoms with E-state index in [0.717, 1.165) is 43.2 Å². The van der Waals surface area contributed by atoms with Crippen molar-refractivity contribution in [3.63, 3.8) is 0 Å². The summed E-state index contributed by atoms with van der Waals surface area (Å²) in [7, 11) is 3.44. The number of methoxy groups -OCH3 is 2. The van der Waals surface area contributed by atoms with Crippen LogP contribution in [0.3, 0.4) is 0 Å². The molecule has 0 saturated carbocycles. The van der Waals surface area contributed by atoms with Crippen LogP contribution in [0.25, 0.3) is 11.1 Å². The Hall–Kier alpha value is -2.82. The molecule has 29 heavy (non-hydrogen) atoms. The molecule has 4 nitrogen and oxygen atoms in total. The van der Waals surface area contributed by atoms with Crippen LogP contribution in [0.5, 0.6) is 11.5 Å². The highest BCUT2D eigenvalue weighted by atomic mass is 16.5. The van der Waals surface area contributed by atoms with Crippen molar-refractivity contribution in [3.8, 4) is 22.6 Å². The number of nitrogens with one attached hydrogen (secondary N) is 1. The van der Waals surface area contributed by atoms with Gasteiger partial charge in [-0.25, -0.2) is 0 Å². The smallest absolute Gasteiger partial charge is 0.124 e. The topological polar surface area (TPSA) is 33.7 Å². The Morgan fingerprint density at radius 2 is 1.48 bits per heavy atom. The van der Waals surface area contributed by atoms with Gasteiger partial charge in [-0.05, 0) is 34.9 Å². The molecule has 1 aliphatic heterocycles. The van der Waals surface area contributed by atoms with Gasteiger partial charge < -0.3 is 14.8 Å². The van der Waals surface area contributed by atoms with E-state index in [4.69, 9.17) is 9.47 Å². The molecule has 1 heterocycles. The summed E-state index contributed by atoms with van der Waals surface area (Å²) >= 11 is 0. The standard InChI is InChI=1S/C25H28N2O2/c1-28-22-12-13-24(29-2)23(18-22)25(27-16-14-26-15-17-27)21-10-8-20(9-11-21)19-6-4-3-5-7-19/h3-13,18,25-26H,14-17H2,1-2H3. The molecule has 0 aliphatic carbocycles. The lowest BCUT2D eigenvalue weighted by molar-refractivity contribution is 0.195. The molecule has 1 atom stereocenters. The second-order valence-corrected chi connectivity index (χ2v) is 7.28. The third-order valence-electron chi connectivity index (χ3n) is 5.58. The number of nitrogens with zero attached hydrogens (tertiary/aromatic N) is 1. The van der Waals surface area contributed by atoms with Crippen molar-refractivity contribution < 1.29 is 9.47 Å². The van der Waals surface area contributed by atoms with Gasteiger partial charge in [0.05, 0.1) is 20.3 Å². The average Bonchev–Trinajstić information content (AvgIpc) is 2.81. The highest BCUT2D eigenvalue weighted by molar-refractivity contribution is 5.64. The summed E-state index contributed by atoms with van der Waals surface area (Å²) in [6, 6.07) is 25.6. The minimum absolute atomic E-state index is 0.118. The van der Waals surface area contributed by atoms with Crippen LogP contribution in [0.15, 0.2) is 72.8 Å². The number of ether oxygens (including phenoxy) is 2. The van der Waals surface area contributed by atoms with Gasteiger partial charge in [0.2, 0.25) is 0 Å². The van der Waals surface area contributed by atoms with Gasteiger partial charge in [-0.2, -0.15) is 0 Å². The average molecular weight is 389 g/mol. The molecule has 1 fully saturated rings. The van der Waals surface area contributed by atoms with Gasteiger partial charge in [-0.15, -0.1) is 0 Å². The fourth-order valence-electron chi connectivity index (χ4n) is 4.07. The molecule has 3 aromatic rings. The highest BCUT2D eigenvalue weighted by Crippen LogP contribution is 2.37. The van der Waals surface area contributed by atoms with E-state index >= 15 is 0 Å². The molecule has 0 spiro atoms. The van der Waals surface area contributed by atoms with E-state index in [1.807, 2.05) is 18.2 Å². The Bertz CT molecular complexity index is 919. The van der Waals surface area contributed by atoms with E-state index in [1.54, 1.807) is 14.2 Å². The van der Waals surface area contributed by atoms with Crippen LogP contribution >= 0.6 is 0 Å². The number of benzene rings is 3. The molecule has 0 radical (unpaired) electrons. The quantitative estimate of drug-likeness (QED) is 0.680. The van der Waals surface area contributed by atoms with Gasteiger partial charge in [-0.3, -0.25) is 4.90 Å². The second kappa shape index (κ2) is 9.12. The van der Waals surface area contributed by atoms with Crippen molar-refractivity contribution in [1.29, 1.82) is 0 Å². The number of hydrogen-bond acceptors (Lipinski definition) is 4. The first-order valence-electron chi connectivity index (χ1n) is 10.1. The van der Waals surface area contributed by atoms with Gasteiger partial charge in [-0.1, -0.05) is 54.6 Å². The second-order valence-electron chi connectivity index (χ2n) is 7.28. The molecule has 0 aromatic heterocycles. The summed E-state index contributed by atoms with van der Waals surface area (Å²) in [6.07, 6.45) is 0. The van der Waals surface area contributed by atoms with Crippen LogP contribution in [0, 0.1) is 0 Å². The first-order valence-corrected chi connectivity index (χ1v) is 10.1. The molecular weight excluding hydrogens is 360 g/mol. The Kier molecular flexibility index (Phi) is 6.13. The van der Waals surface area contributed by atoms with Crippen LogP contribution in [-0.4, -0.2) is 45.3 Å². The zero-order chi connectivity index (χ0) is 20.1. The molecule has 3 aromatic carbocycles. The van der Waals surface area contributed by atoms with Gasteiger partial charge in [0.1, 0.15) is 11.5 Å². The van der Waals surface area contributed by atoms with Crippen molar-refractivity contribution >= 4 is 0 Å². The summed E-state index contributed by atoms with van der Waals surface area (Å²) < 4.78 is 11.3. The van der Waals surface area contributed by atoms with Crippen molar-refractivity contribution in [2.45, 2.75) is 6.04 Å². The number of rotatable bonds is 6. The van der Waals surface area contributed by atoms with Gasteiger partial charge >= 0.3 is 0 Å². The first kappa shape index (κ1) is 19.5. The van der Waals surface area contributed by atoms with E-state index in [1.165, 1.54) is 16.7 Å². The number of piperazine rings is 1. The zero-order valence-corrected chi connectivity index (χ0v) is 17.1. The molecule has 1 saturated heterocycles. The van der Waals surface area contributed by atoms with Crippen molar-refractivity contribution in [3.05, 3.63) is 83.9 Å². The Morgan fingerprint density at radius 3 is 2.14 bits per heavy atom. The molecule has 1 unspecified atom stereocenters. The molecule has 0 amide bonds. The Labute approximate surface area is 173 Å². The SMILES string of the molecule is COc1ccc(OC)c(C(c2ccc(-c3ccccc3)cc2)N2CCNCC2)c1. The maximum atomic E-state index is 5.73. The first-order chi connectivity index (χ1) is 14.3. The summed E-state index contributed by atoms with van der Waals surface area (Å²) in [5, 5.41) is 3.46. The summed E-state index contributed by atoms with van der Waals surface area (Å²) in [4.78, 5) is 2.52. The molecule has 1 N–H and O–H groups in total. The fourth-order valence-corrected chi connectivity index (χ4v) is 4.07. The van der Waals surface area contributed by atoms with Gasteiger partial charge in [0.15, 0.2) is 0 Å². The third-order valence-corrected chi connectivity index (χ3v) is 5.58. The lowest BCUT2D eigenvalue weighted by Gasteiger charge is -2.36. The van der Waals surface area contributed by atoms with Crippen LogP contribution < -0.4 is 14.8 Å². The fraction of sp³-hybridized carbons (Fsp3) is 0.280. The number of hydrogen-bond donors (Lipinski definition) is 1. The predicted molar refractivity (Wildman–Crippen MR) is 118 cm³/mol. The van der Waals surface area contributed by atoms with Crippen molar-refractivity contribution in [2.24, 2.45) is 0 Å². The summed E-state index contributed by atoms with van der Waals surface area (Å²) in [6.45, 7) is 3.96. The molecule has 150 valence electrons. The molecule has 0 bridgehead atoms. The molecule has 1 aliphatic rings. The van der Waals surface area contributed by atoms with E-state index in [-0.39, 0.29) is 6.04 Å². The highest BCUT2D eigenvalue weighted by Gasteiger charge is 2.27. The maximum absolute atomic E-state index is 5.73. The van der Waals surface area contributed by atoms with Crippen LogP contribution in [0.1, 0.15) is 17.2 Å². The van der Waals surface area contributed by atoms with Gasteiger partial charge in [0, 0.05) is 31.7 Å². The van der Waals surface area contributed by atoms with Crippen molar-refractivity contribution in [1.82, 2.24) is 10.2 Å². The molecule has 4 rings (SSSR count). The van der Waals surface area contributed by atoms with E-state index in [9.17, 15) is 0 Å². The minimum Gasteiger partial charge on any atom is -0.497 e. The van der Waals surface area contributed by atoms with Crippen molar-refractivity contribution in [2.75, 3.05) is 40.4 Å². The minimum atomic E-state index is 0.118. The van der Waals surface area contributed by atoms with Crippen LogP contribution in [-0.2, 0) is 0 Å². The van der Waals surface area contributed by atoms with Crippen LogP contribution in [0.2, 0.25) is 0 Å². The third kappa shape index (κ3) is 4.29. The maximum Gasteiger partial charge on any atom is 0.124 e. The monoisotopic (exact) mass is 388 g/mol. The summed E-state index contributed by atoms with van der Waals surface area (Å²) in [5.74, 6) is 1.74. The Balaban J connectivity index is 1.75.